The molecule has 1 aliphatic carbocycles. The van der Waals surface area contributed by atoms with E-state index in [1.54, 1.807) is 35.1 Å². The van der Waals surface area contributed by atoms with Crippen LogP contribution in [0.2, 0.25) is 5.02 Å². The molecular formula is C15H14ClN7O. The molecule has 24 heavy (non-hydrogen) atoms. The van der Waals surface area contributed by atoms with Gasteiger partial charge in [-0.05, 0) is 54.0 Å². The zero-order valence-electron chi connectivity index (χ0n) is 12.6. The zero-order chi connectivity index (χ0) is 16.5. The van der Waals surface area contributed by atoms with Crippen LogP contribution in [0.1, 0.15) is 35.8 Å². The Balaban J connectivity index is 1.60. The van der Waals surface area contributed by atoms with Gasteiger partial charge >= 0.3 is 0 Å². The van der Waals surface area contributed by atoms with Crippen molar-refractivity contribution >= 4 is 23.2 Å². The highest BCUT2D eigenvalue weighted by Crippen LogP contribution is 2.32. The molecule has 0 spiro atoms. The van der Waals surface area contributed by atoms with Crippen molar-refractivity contribution in [3.05, 3.63) is 47.5 Å². The number of hydrogen-bond donors (Lipinski definition) is 1. The maximum absolute atomic E-state index is 12.6. The van der Waals surface area contributed by atoms with Gasteiger partial charge in [0.05, 0.1) is 22.4 Å². The van der Waals surface area contributed by atoms with Crippen LogP contribution in [-0.4, -0.2) is 35.9 Å². The summed E-state index contributed by atoms with van der Waals surface area (Å²) in [5.74, 6) is -0.241. The highest BCUT2D eigenvalue weighted by atomic mass is 35.5. The van der Waals surface area contributed by atoms with E-state index in [4.69, 9.17) is 11.6 Å². The van der Waals surface area contributed by atoms with E-state index in [2.05, 4.69) is 25.9 Å². The van der Waals surface area contributed by atoms with Gasteiger partial charge in [0, 0.05) is 6.20 Å². The molecule has 1 aromatic carbocycles. The first-order valence-corrected chi connectivity index (χ1v) is 7.98. The fraction of sp³-hybridized carbons (Fsp3) is 0.267. The first-order valence-electron chi connectivity index (χ1n) is 7.60. The summed E-state index contributed by atoms with van der Waals surface area (Å²) in [5.41, 5.74) is 1.73. The van der Waals surface area contributed by atoms with Crippen LogP contribution >= 0.6 is 11.6 Å². The topological polar surface area (TPSA) is 90.5 Å². The lowest BCUT2D eigenvalue weighted by Gasteiger charge is -2.27. The number of tetrazole rings is 1. The highest BCUT2D eigenvalue weighted by molar-refractivity contribution is 6.34. The summed E-state index contributed by atoms with van der Waals surface area (Å²) >= 11 is 6.21. The van der Waals surface area contributed by atoms with E-state index in [9.17, 15) is 4.79 Å². The quantitative estimate of drug-likeness (QED) is 0.786. The lowest BCUT2D eigenvalue weighted by molar-refractivity contribution is 0.100. The minimum absolute atomic E-state index is 0.241. The highest BCUT2D eigenvalue weighted by Gasteiger charge is 2.24. The Morgan fingerprint density at radius 2 is 2.17 bits per heavy atom. The number of nitrogens with zero attached hydrogens (tertiary/aromatic N) is 6. The largest absolute Gasteiger partial charge is 0.319 e. The van der Waals surface area contributed by atoms with Crippen LogP contribution in [0.3, 0.4) is 0 Å². The molecular weight excluding hydrogens is 330 g/mol. The van der Waals surface area contributed by atoms with Crippen LogP contribution < -0.4 is 5.32 Å². The molecule has 0 bridgehead atoms. The third kappa shape index (κ3) is 2.65. The van der Waals surface area contributed by atoms with Gasteiger partial charge in [-0.25, -0.2) is 4.68 Å². The van der Waals surface area contributed by atoms with Crippen molar-refractivity contribution in [1.82, 2.24) is 30.0 Å². The Morgan fingerprint density at radius 3 is 2.88 bits per heavy atom. The molecule has 0 aliphatic heterocycles. The molecule has 1 amide bonds. The van der Waals surface area contributed by atoms with E-state index in [1.807, 2.05) is 0 Å². The van der Waals surface area contributed by atoms with E-state index < -0.39 is 0 Å². The summed E-state index contributed by atoms with van der Waals surface area (Å²) in [6, 6.07) is 7.21. The minimum Gasteiger partial charge on any atom is -0.319 e. The van der Waals surface area contributed by atoms with Gasteiger partial charge in [-0.3, -0.25) is 9.48 Å². The number of carbonyl (C=O) groups is 1. The molecule has 9 heteroatoms. The number of aromatic nitrogens is 6. The van der Waals surface area contributed by atoms with E-state index in [-0.39, 0.29) is 5.91 Å². The molecule has 3 aromatic rings. The molecule has 1 N–H and O–H groups in total. The number of anilines is 1. The Morgan fingerprint density at radius 1 is 1.29 bits per heavy atom. The van der Waals surface area contributed by atoms with Crippen molar-refractivity contribution in [3.63, 3.8) is 0 Å². The molecule has 1 fully saturated rings. The first-order chi connectivity index (χ1) is 11.7. The molecule has 1 saturated carbocycles. The van der Waals surface area contributed by atoms with Crippen molar-refractivity contribution < 1.29 is 4.79 Å². The second-order valence-electron chi connectivity index (χ2n) is 5.62. The van der Waals surface area contributed by atoms with Gasteiger partial charge in [-0.2, -0.15) is 5.10 Å². The van der Waals surface area contributed by atoms with Crippen LogP contribution in [0.4, 0.5) is 5.69 Å². The Bertz CT molecular complexity index is 870. The SMILES string of the molecule is O=C(Nc1cc(-n2cnnn2)ccc1Cl)c1ccnn1C1CCC1. The smallest absolute Gasteiger partial charge is 0.273 e. The standard InChI is InChI=1S/C15H14ClN7O/c16-12-5-4-11(22-9-17-20-21-22)8-13(12)19-15(24)14-6-7-18-23(14)10-2-1-3-10/h4-10H,1-3H2,(H,19,24). The van der Waals surface area contributed by atoms with Gasteiger partial charge in [-0.1, -0.05) is 11.6 Å². The average Bonchev–Trinajstić information content (AvgIpc) is 3.19. The zero-order valence-corrected chi connectivity index (χ0v) is 13.4. The molecule has 4 rings (SSSR count). The molecule has 0 radical (unpaired) electrons. The predicted octanol–water partition coefficient (Wildman–Crippen LogP) is 2.49. The lowest BCUT2D eigenvalue weighted by Crippen LogP contribution is -2.25. The number of amides is 1. The van der Waals surface area contributed by atoms with Crippen molar-refractivity contribution in [1.29, 1.82) is 0 Å². The molecule has 1 aliphatic rings. The van der Waals surface area contributed by atoms with E-state index in [0.717, 1.165) is 12.8 Å². The number of halogens is 1. The van der Waals surface area contributed by atoms with Gasteiger partial charge < -0.3 is 5.32 Å². The lowest BCUT2D eigenvalue weighted by atomic mass is 9.93. The van der Waals surface area contributed by atoms with Gasteiger partial charge in [0.2, 0.25) is 0 Å². The number of benzene rings is 1. The fourth-order valence-electron chi connectivity index (χ4n) is 2.63. The maximum Gasteiger partial charge on any atom is 0.273 e. The molecule has 0 atom stereocenters. The summed E-state index contributed by atoms with van der Waals surface area (Å²) in [4.78, 5) is 12.6. The van der Waals surface area contributed by atoms with Crippen LogP contribution in [0.5, 0.6) is 0 Å². The summed E-state index contributed by atoms with van der Waals surface area (Å²) in [5, 5.41) is 18.6. The maximum atomic E-state index is 12.6. The Kier molecular flexibility index (Phi) is 3.73. The third-order valence-corrected chi connectivity index (χ3v) is 4.46. The number of carbonyl (C=O) groups excluding carboxylic acids is 1. The van der Waals surface area contributed by atoms with Crippen molar-refractivity contribution in [2.75, 3.05) is 5.32 Å². The molecule has 0 unspecified atom stereocenters. The monoisotopic (exact) mass is 343 g/mol. The van der Waals surface area contributed by atoms with Crippen LogP contribution in [-0.2, 0) is 0 Å². The Hall–Kier alpha value is -2.74. The van der Waals surface area contributed by atoms with Gasteiger partial charge in [0.25, 0.3) is 5.91 Å². The van der Waals surface area contributed by atoms with Crippen LogP contribution in [0.15, 0.2) is 36.8 Å². The first kappa shape index (κ1) is 14.8. The summed E-state index contributed by atoms with van der Waals surface area (Å²) in [6.45, 7) is 0. The molecule has 2 aromatic heterocycles. The van der Waals surface area contributed by atoms with Crippen molar-refractivity contribution in [3.8, 4) is 5.69 Å². The van der Waals surface area contributed by atoms with Gasteiger partial charge in [-0.15, -0.1) is 5.10 Å². The predicted molar refractivity (Wildman–Crippen MR) is 87.2 cm³/mol. The normalized spacial score (nSPS) is 14.4. The van der Waals surface area contributed by atoms with Gasteiger partial charge in [0.1, 0.15) is 12.0 Å². The Labute approximate surface area is 142 Å². The third-order valence-electron chi connectivity index (χ3n) is 4.14. The summed E-state index contributed by atoms with van der Waals surface area (Å²) < 4.78 is 3.28. The fourth-order valence-corrected chi connectivity index (χ4v) is 2.80. The second-order valence-corrected chi connectivity index (χ2v) is 6.03. The van der Waals surface area contributed by atoms with Gasteiger partial charge in [0.15, 0.2) is 0 Å². The number of rotatable bonds is 4. The number of nitrogens with one attached hydrogen (secondary N) is 1. The van der Waals surface area contributed by atoms with E-state index in [0.29, 0.717) is 28.1 Å². The van der Waals surface area contributed by atoms with Crippen molar-refractivity contribution in [2.45, 2.75) is 25.3 Å². The molecule has 8 nitrogen and oxygen atoms in total. The van der Waals surface area contributed by atoms with Crippen molar-refractivity contribution in [2.24, 2.45) is 0 Å². The molecule has 122 valence electrons. The van der Waals surface area contributed by atoms with E-state index in [1.165, 1.54) is 17.4 Å². The molecule has 2 heterocycles. The number of hydrogen-bond acceptors (Lipinski definition) is 5. The average molecular weight is 344 g/mol. The minimum atomic E-state index is -0.241. The summed E-state index contributed by atoms with van der Waals surface area (Å²) in [6.07, 6.45) is 6.40. The van der Waals surface area contributed by atoms with Crippen LogP contribution in [0, 0.1) is 0 Å². The second kappa shape index (κ2) is 6.04. The van der Waals surface area contributed by atoms with Crippen LogP contribution in [0.25, 0.3) is 5.69 Å². The summed E-state index contributed by atoms with van der Waals surface area (Å²) in [7, 11) is 0. The molecule has 0 saturated heterocycles. The van der Waals surface area contributed by atoms with E-state index >= 15 is 0 Å².